The van der Waals surface area contributed by atoms with Gasteiger partial charge in [0.25, 0.3) is 0 Å². The summed E-state index contributed by atoms with van der Waals surface area (Å²) in [5, 5.41) is 3.89. The van der Waals surface area contributed by atoms with Gasteiger partial charge in [0.05, 0.1) is 7.11 Å². The Hall–Kier alpha value is -2.63. The number of furan rings is 1. The maximum Gasteiger partial charge on any atom is 0.321 e. The minimum absolute atomic E-state index is 0.246. The van der Waals surface area contributed by atoms with Crippen molar-refractivity contribution in [2.45, 2.75) is 6.92 Å². The standard InChI is InChI=1S/C14H14N4O2/c1-8-4-5-10-9(6-8)7-11(20-10)12-16-13(15-2)18-14(17-12)19-3/h4-7H,1-3H3,(H,15,16,17,18). The molecule has 0 aliphatic heterocycles. The van der Waals surface area contributed by atoms with Gasteiger partial charge in [-0.05, 0) is 25.1 Å². The lowest BCUT2D eigenvalue weighted by Crippen LogP contribution is -2.02. The van der Waals surface area contributed by atoms with Crippen LogP contribution in [0.1, 0.15) is 5.56 Å². The number of anilines is 1. The fourth-order valence-corrected chi connectivity index (χ4v) is 1.94. The Labute approximate surface area is 115 Å². The Bertz CT molecular complexity index is 745. The number of methoxy groups -OCH3 is 1. The maximum atomic E-state index is 5.77. The van der Waals surface area contributed by atoms with Crippen LogP contribution >= 0.6 is 0 Å². The third kappa shape index (κ3) is 2.16. The van der Waals surface area contributed by atoms with Crippen molar-refractivity contribution in [1.29, 1.82) is 0 Å². The molecular formula is C14H14N4O2. The van der Waals surface area contributed by atoms with E-state index in [1.54, 1.807) is 7.05 Å². The number of aryl methyl sites for hydroxylation is 1. The predicted octanol–water partition coefficient (Wildman–Crippen LogP) is 2.64. The van der Waals surface area contributed by atoms with Gasteiger partial charge >= 0.3 is 6.01 Å². The molecular weight excluding hydrogens is 256 g/mol. The lowest BCUT2D eigenvalue weighted by atomic mass is 10.2. The van der Waals surface area contributed by atoms with Crippen LogP contribution in [0.3, 0.4) is 0 Å². The van der Waals surface area contributed by atoms with Crippen molar-refractivity contribution in [2.75, 3.05) is 19.5 Å². The van der Waals surface area contributed by atoms with Gasteiger partial charge < -0.3 is 14.5 Å². The van der Waals surface area contributed by atoms with Gasteiger partial charge in [-0.3, -0.25) is 0 Å². The maximum absolute atomic E-state index is 5.77. The van der Waals surface area contributed by atoms with Gasteiger partial charge in [-0.2, -0.15) is 15.0 Å². The van der Waals surface area contributed by atoms with Crippen LogP contribution < -0.4 is 10.1 Å². The highest BCUT2D eigenvalue weighted by Gasteiger charge is 2.13. The molecule has 2 heterocycles. The molecule has 0 amide bonds. The molecule has 0 bridgehead atoms. The number of benzene rings is 1. The Morgan fingerprint density at radius 3 is 2.75 bits per heavy atom. The first-order valence-electron chi connectivity index (χ1n) is 6.18. The Balaban J connectivity index is 2.14. The van der Waals surface area contributed by atoms with Gasteiger partial charge in [0.1, 0.15) is 5.58 Å². The molecule has 1 aromatic carbocycles. The van der Waals surface area contributed by atoms with Crippen LogP contribution in [0.25, 0.3) is 22.6 Å². The van der Waals surface area contributed by atoms with E-state index in [1.807, 2.05) is 25.1 Å². The molecule has 0 spiro atoms. The van der Waals surface area contributed by atoms with Gasteiger partial charge in [-0.15, -0.1) is 0 Å². The Morgan fingerprint density at radius 2 is 2.00 bits per heavy atom. The molecule has 0 fully saturated rings. The highest BCUT2D eigenvalue weighted by atomic mass is 16.5. The van der Waals surface area contributed by atoms with Crippen LogP contribution in [0.4, 0.5) is 5.95 Å². The third-order valence-electron chi connectivity index (χ3n) is 2.91. The van der Waals surface area contributed by atoms with Crippen molar-refractivity contribution in [2.24, 2.45) is 0 Å². The predicted molar refractivity (Wildman–Crippen MR) is 75.9 cm³/mol. The number of fused-ring (bicyclic) bond motifs is 1. The summed E-state index contributed by atoms with van der Waals surface area (Å²) in [6, 6.07) is 8.15. The van der Waals surface area contributed by atoms with Crippen LogP contribution in [0, 0.1) is 6.92 Å². The summed E-state index contributed by atoms with van der Waals surface area (Å²) in [7, 11) is 3.25. The van der Waals surface area contributed by atoms with Crippen molar-refractivity contribution in [3.05, 3.63) is 29.8 Å². The molecule has 20 heavy (non-hydrogen) atoms. The lowest BCUT2D eigenvalue weighted by Gasteiger charge is -2.03. The second-order valence-corrected chi connectivity index (χ2v) is 4.37. The second kappa shape index (κ2) is 4.80. The quantitative estimate of drug-likeness (QED) is 0.788. The molecule has 6 heteroatoms. The van der Waals surface area contributed by atoms with E-state index in [1.165, 1.54) is 12.7 Å². The average Bonchev–Trinajstić information content (AvgIpc) is 2.89. The van der Waals surface area contributed by atoms with Gasteiger partial charge in [0, 0.05) is 12.4 Å². The lowest BCUT2D eigenvalue weighted by molar-refractivity contribution is 0.379. The van der Waals surface area contributed by atoms with E-state index in [9.17, 15) is 0 Å². The summed E-state index contributed by atoms with van der Waals surface area (Å²) in [4.78, 5) is 12.6. The molecule has 6 nitrogen and oxygen atoms in total. The number of ether oxygens (including phenoxy) is 1. The second-order valence-electron chi connectivity index (χ2n) is 4.37. The SMILES string of the molecule is CNc1nc(OC)nc(-c2cc3cc(C)ccc3o2)n1. The zero-order valence-electron chi connectivity index (χ0n) is 11.5. The first-order chi connectivity index (χ1) is 9.69. The zero-order valence-corrected chi connectivity index (χ0v) is 11.5. The normalized spacial score (nSPS) is 10.8. The molecule has 1 N–H and O–H groups in total. The minimum Gasteiger partial charge on any atom is -0.467 e. The molecule has 2 aromatic heterocycles. The Morgan fingerprint density at radius 1 is 1.15 bits per heavy atom. The monoisotopic (exact) mass is 270 g/mol. The molecule has 0 unspecified atom stereocenters. The van der Waals surface area contributed by atoms with Crippen molar-refractivity contribution in [1.82, 2.24) is 15.0 Å². The van der Waals surface area contributed by atoms with Gasteiger partial charge in [0.2, 0.25) is 11.8 Å². The molecule has 0 aliphatic carbocycles. The van der Waals surface area contributed by atoms with Crippen molar-refractivity contribution in [3.8, 4) is 17.6 Å². The molecule has 3 aromatic rings. The highest BCUT2D eigenvalue weighted by molar-refractivity contribution is 5.82. The average molecular weight is 270 g/mol. The summed E-state index contributed by atoms with van der Waals surface area (Å²) in [6.45, 7) is 2.04. The fourth-order valence-electron chi connectivity index (χ4n) is 1.94. The number of nitrogens with one attached hydrogen (secondary N) is 1. The Kier molecular flexibility index (Phi) is 2.98. The molecule has 102 valence electrons. The van der Waals surface area contributed by atoms with Crippen molar-refractivity contribution < 1.29 is 9.15 Å². The minimum atomic E-state index is 0.246. The molecule has 3 rings (SSSR count). The van der Waals surface area contributed by atoms with Crippen LogP contribution in [0.15, 0.2) is 28.7 Å². The van der Waals surface area contributed by atoms with Crippen LogP contribution in [-0.4, -0.2) is 29.1 Å². The summed E-state index contributed by atoms with van der Waals surface area (Å²) >= 11 is 0. The van der Waals surface area contributed by atoms with Gasteiger partial charge in [0.15, 0.2) is 5.76 Å². The van der Waals surface area contributed by atoms with E-state index in [0.29, 0.717) is 17.5 Å². The van der Waals surface area contributed by atoms with Crippen LogP contribution in [-0.2, 0) is 0 Å². The topological polar surface area (TPSA) is 73.1 Å². The van der Waals surface area contributed by atoms with Gasteiger partial charge in [-0.1, -0.05) is 11.6 Å². The van der Waals surface area contributed by atoms with E-state index in [2.05, 4.69) is 26.3 Å². The molecule has 0 saturated carbocycles. The van der Waals surface area contributed by atoms with Crippen LogP contribution in [0.5, 0.6) is 6.01 Å². The van der Waals surface area contributed by atoms with Crippen molar-refractivity contribution in [3.63, 3.8) is 0 Å². The molecule has 0 atom stereocenters. The van der Waals surface area contributed by atoms with E-state index < -0.39 is 0 Å². The van der Waals surface area contributed by atoms with Crippen LogP contribution in [0.2, 0.25) is 0 Å². The first-order valence-corrected chi connectivity index (χ1v) is 6.18. The summed E-state index contributed by atoms with van der Waals surface area (Å²) in [5.41, 5.74) is 1.98. The largest absolute Gasteiger partial charge is 0.467 e. The smallest absolute Gasteiger partial charge is 0.321 e. The highest BCUT2D eigenvalue weighted by Crippen LogP contribution is 2.27. The number of hydrogen-bond donors (Lipinski definition) is 1. The van der Waals surface area contributed by atoms with E-state index in [4.69, 9.17) is 9.15 Å². The summed E-state index contributed by atoms with van der Waals surface area (Å²) < 4.78 is 10.8. The third-order valence-corrected chi connectivity index (χ3v) is 2.91. The number of aromatic nitrogens is 3. The number of rotatable bonds is 3. The summed E-state index contributed by atoms with van der Waals surface area (Å²) in [5.74, 6) is 1.46. The van der Waals surface area contributed by atoms with E-state index in [-0.39, 0.29) is 6.01 Å². The first kappa shape index (κ1) is 12.4. The zero-order chi connectivity index (χ0) is 14.1. The van der Waals surface area contributed by atoms with Crippen molar-refractivity contribution >= 4 is 16.9 Å². The summed E-state index contributed by atoms with van der Waals surface area (Å²) in [6.07, 6.45) is 0. The number of nitrogens with zero attached hydrogens (tertiary/aromatic N) is 3. The number of hydrogen-bond acceptors (Lipinski definition) is 6. The van der Waals surface area contributed by atoms with E-state index >= 15 is 0 Å². The van der Waals surface area contributed by atoms with E-state index in [0.717, 1.165) is 11.0 Å². The molecule has 0 saturated heterocycles. The molecule has 0 radical (unpaired) electrons. The fraction of sp³-hybridized carbons (Fsp3) is 0.214. The van der Waals surface area contributed by atoms with Gasteiger partial charge in [-0.25, -0.2) is 0 Å². The molecule has 0 aliphatic rings.